The molecule has 92 valence electrons. The molecule has 0 fully saturated rings. The van der Waals surface area contributed by atoms with Crippen LogP contribution in [0.4, 0.5) is 5.82 Å². The van der Waals surface area contributed by atoms with Crippen LogP contribution in [0.15, 0.2) is 24.3 Å². The number of nitrogens with one attached hydrogen (secondary N) is 1. The molecule has 5 heteroatoms. The predicted octanol–water partition coefficient (Wildman–Crippen LogP) is 1.80. The average molecular weight is 254 g/mol. The van der Waals surface area contributed by atoms with Gasteiger partial charge in [0.2, 0.25) is 0 Å². The summed E-state index contributed by atoms with van der Waals surface area (Å²) in [6.45, 7) is 0.820. The van der Waals surface area contributed by atoms with Gasteiger partial charge >= 0.3 is 0 Å². The molecule has 0 saturated carbocycles. The van der Waals surface area contributed by atoms with Gasteiger partial charge in [0.25, 0.3) is 0 Å². The Morgan fingerprint density at radius 1 is 1.35 bits per heavy atom. The highest BCUT2D eigenvalue weighted by Gasteiger charge is 2.02. The standard InChI is InChI=1S/C11H12ClN3.CH4O/c1-14-6-7-2-3-8-5-9(12)11(13)15-10(8)4-7;1-2/h2-5,14H,6H2,1H3,(H2,13,15);2H,1H3. The molecule has 0 bridgehead atoms. The van der Waals surface area contributed by atoms with Crippen LogP contribution in [0, 0.1) is 0 Å². The van der Waals surface area contributed by atoms with Crippen molar-refractivity contribution in [3.05, 3.63) is 34.9 Å². The summed E-state index contributed by atoms with van der Waals surface area (Å²) in [5, 5.41) is 11.6. The molecular formula is C12H16ClN3O. The Bertz CT molecular complexity index is 502. The van der Waals surface area contributed by atoms with Gasteiger partial charge in [-0.25, -0.2) is 4.98 Å². The molecule has 1 heterocycles. The van der Waals surface area contributed by atoms with E-state index in [1.165, 1.54) is 5.56 Å². The van der Waals surface area contributed by atoms with E-state index in [1.54, 1.807) is 0 Å². The van der Waals surface area contributed by atoms with Crippen LogP contribution in [0.2, 0.25) is 5.02 Å². The van der Waals surface area contributed by atoms with Crippen LogP contribution in [0.5, 0.6) is 0 Å². The van der Waals surface area contributed by atoms with Gasteiger partial charge < -0.3 is 16.2 Å². The van der Waals surface area contributed by atoms with Crippen LogP contribution in [-0.2, 0) is 6.54 Å². The van der Waals surface area contributed by atoms with E-state index in [0.717, 1.165) is 24.6 Å². The molecule has 4 N–H and O–H groups in total. The van der Waals surface area contributed by atoms with Gasteiger partial charge in [-0.2, -0.15) is 0 Å². The molecule has 0 aliphatic heterocycles. The topological polar surface area (TPSA) is 71.2 Å². The highest BCUT2D eigenvalue weighted by molar-refractivity contribution is 6.33. The van der Waals surface area contributed by atoms with Crippen molar-refractivity contribution in [2.24, 2.45) is 0 Å². The molecule has 2 rings (SSSR count). The Morgan fingerprint density at radius 2 is 2.06 bits per heavy atom. The van der Waals surface area contributed by atoms with Gasteiger partial charge in [-0.1, -0.05) is 23.7 Å². The number of halogens is 1. The Morgan fingerprint density at radius 3 is 2.71 bits per heavy atom. The van der Waals surface area contributed by atoms with E-state index in [2.05, 4.69) is 10.3 Å². The number of rotatable bonds is 2. The van der Waals surface area contributed by atoms with E-state index in [9.17, 15) is 0 Å². The van der Waals surface area contributed by atoms with Gasteiger partial charge in [0.05, 0.1) is 10.5 Å². The molecule has 0 aliphatic carbocycles. The molecule has 0 unspecified atom stereocenters. The second kappa shape index (κ2) is 6.39. The Balaban J connectivity index is 0.000000686. The van der Waals surface area contributed by atoms with Crippen molar-refractivity contribution >= 4 is 28.3 Å². The summed E-state index contributed by atoms with van der Waals surface area (Å²) in [6, 6.07) is 7.90. The highest BCUT2D eigenvalue weighted by Crippen LogP contribution is 2.23. The summed E-state index contributed by atoms with van der Waals surface area (Å²) in [6.07, 6.45) is 0. The van der Waals surface area contributed by atoms with Crippen LogP contribution in [0.3, 0.4) is 0 Å². The van der Waals surface area contributed by atoms with E-state index in [-0.39, 0.29) is 0 Å². The molecule has 4 nitrogen and oxygen atoms in total. The number of hydrogen-bond donors (Lipinski definition) is 3. The number of benzene rings is 1. The quantitative estimate of drug-likeness (QED) is 0.763. The van der Waals surface area contributed by atoms with Gasteiger partial charge in [-0.3, -0.25) is 0 Å². The number of nitrogens with two attached hydrogens (primary N) is 1. The van der Waals surface area contributed by atoms with Gasteiger partial charge in [-0.15, -0.1) is 0 Å². The fraction of sp³-hybridized carbons (Fsp3) is 0.250. The zero-order valence-electron chi connectivity index (χ0n) is 9.87. The van der Waals surface area contributed by atoms with Crippen molar-refractivity contribution in [1.29, 1.82) is 0 Å². The number of anilines is 1. The molecule has 1 aromatic heterocycles. The number of nitrogens with zero attached hydrogens (tertiary/aromatic N) is 1. The van der Waals surface area contributed by atoms with Crippen LogP contribution in [0.25, 0.3) is 10.9 Å². The summed E-state index contributed by atoms with van der Waals surface area (Å²) in [5.41, 5.74) is 7.71. The third-order valence-electron chi connectivity index (χ3n) is 2.24. The first-order valence-corrected chi connectivity index (χ1v) is 5.52. The number of hydrogen-bond acceptors (Lipinski definition) is 4. The van der Waals surface area contributed by atoms with Crippen molar-refractivity contribution in [2.45, 2.75) is 6.54 Å². The van der Waals surface area contributed by atoms with Crippen molar-refractivity contribution < 1.29 is 5.11 Å². The largest absolute Gasteiger partial charge is 0.400 e. The third-order valence-corrected chi connectivity index (χ3v) is 2.55. The van der Waals surface area contributed by atoms with E-state index in [1.807, 2.05) is 31.3 Å². The molecule has 0 radical (unpaired) electrons. The lowest BCUT2D eigenvalue weighted by molar-refractivity contribution is 0.399. The summed E-state index contributed by atoms with van der Waals surface area (Å²) in [7, 11) is 2.91. The number of nitrogen functional groups attached to an aromatic ring is 1. The number of aromatic nitrogens is 1. The molecule has 0 atom stereocenters. The van der Waals surface area contributed by atoms with Gasteiger partial charge in [0, 0.05) is 19.0 Å². The monoisotopic (exact) mass is 253 g/mol. The number of fused-ring (bicyclic) bond motifs is 1. The Hall–Kier alpha value is -1.36. The molecule has 17 heavy (non-hydrogen) atoms. The highest BCUT2D eigenvalue weighted by atomic mass is 35.5. The molecular weight excluding hydrogens is 238 g/mol. The maximum atomic E-state index is 7.00. The van der Waals surface area contributed by atoms with E-state index in [0.29, 0.717) is 10.8 Å². The van der Waals surface area contributed by atoms with Gasteiger partial charge in [0.1, 0.15) is 5.82 Å². The molecule has 0 aliphatic rings. The predicted molar refractivity (Wildman–Crippen MR) is 72.1 cm³/mol. The number of aliphatic hydroxyl groups excluding tert-OH is 1. The SMILES string of the molecule is CNCc1ccc2cc(Cl)c(N)nc2c1.CO. The average Bonchev–Trinajstić information content (AvgIpc) is 2.34. The lowest BCUT2D eigenvalue weighted by Crippen LogP contribution is -2.04. The Labute approximate surface area is 105 Å². The van der Waals surface area contributed by atoms with Crippen molar-refractivity contribution in [2.75, 3.05) is 19.9 Å². The second-order valence-electron chi connectivity index (χ2n) is 3.41. The first-order valence-electron chi connectivity index (χ1n) is 5.14. The lowest BCUT2D eigenvalue weighted by atomic mass is 10.1. The van der Waals surface area contributed by atoms with Crippen LogP contribution < -0.4 is 11.1 Å². The van der Waals surface area contributed by atoms with Crippen LogP contribution in [0.1, 0.15) is 5.56 Å². The van der Waals surface area contributed by atoms with E-state index < -0.39 is 0 Å². The summed E-state index contributed by atoms with van der Waals surface area (Å²) >= 11 is 5.89. The van der Waals surface area contributed by atoms with E-state index >= 15 is 0 Å². The molecule has 2 aromatic rings. The third kappa shape index (κ3) is 3.30. The smallest absolute Gasteiger partial charge is 0.142 e. The molecule has 1 aromatic carbocycles. The van der Waals surface area contributed by atoms with Crippen molar-refractivity contribution in [3.8, 4) is 0 Å². The van der Waals surface area contributed by atoms with Crippen LogP contribution in [-0.4, -0.2) is 24.2 Å². The van der Waals surface area contributed by atoms with Gasteiger partial charge in [-0.05, 0) is 24.7 Å². The van der Waals surface area contributed by atoms with Gasteiger partial charge in [0.15, 0.2) is 0 Å². The summed E-state index contributed by atoms with van der Waals surface area (Å²) < 4.78 is 0. The second-order valence-corrected chi connectivity index (χ2v) is 3.82. The number of aliphatic hydroxyl groups is 1. The van der Waals surface area contributed by atoms with Crippen molar-refractivity contribution in [3.63, 3.8) is 0 Å². The van der Waals surface area contributed by atoms with Crippen LogP contribution >= 0.6 is 11.6 Å². The minimum Gasteiger partial charge on any atom is -0.400 e. The molecule has 0 spiro atoms. The number of pyridine rings is 1. The normalized spacial score (nSPS) is 9.88. The first kappa shape index (κ1) is 13.7. The minimum atomic E-state index is 0.380. The lowest BCUT2D eigenvalue weighted by Gasteiger charge is -2.04. The summed E-state index contributed by atoms with van der Waals surface area (Å²) in [4.78, 5) is 4.24. The molecule has 0 saturated heterocycles. The molecule has 0 amide bonds. The fourth-order valence-corrected chi connectivity index (χ4v) is 1.68. The van der Waals surface area contributed by atoms with E-state index in [4.69, 9.17) is 22.4 Å². The zero-order chi connectivity index (χ0) is 12.8. The maximum Gasteiger partial charge on any atom is 0.142 e. The van der Waals surface area contributed by atoms with Crippen molar-refractivity contribution in [1.82, 2.24) is 10.3 Å². The Kier molecular flexibility index (Phi) is 5.15. The fourth-order valence-electron chi connectivity index (χ4n) is 1.52. The maximum absolute atomic E-state index is 7.00. The minimum absolute atomic E-state index is 0.380. The summed E-state index contributed by atoms with van der Waals surface area (Å²) in [5.74, 6) is 0.380. The first-order chi connectivity index (χ1) is 8.20. The zero-order valence-corrected chi connectivity index (χ0v) is 10.6.